The fourth-order valence-electron chi connectivity index (χ4n) is 3.92. The van der Waals surface area contributed by atoms with E-state index < -0.39 is 30.3 Å². The minimum absolute atomic E-state index is 0.241. The van der Waals surface area contributed by atoms with Crippen LogP contribution in [0.3, 0.4) is 0 Å². The van der Waals surface area contributed by atoms with Crippen molar-refractivity contribution in [3.63, 3.8) is 0 Å². The molecule has 0 aliphatic carbocycles. The van der Waals surface area contributed by atoms with Gasteiger partial charge in [-0.25, -0.2) is 4.79 Å². The number of morpholine rings is 1. The molecule has 1 amide bonds. The van der Waals surface area contributed by atoms with Crippen LogP contribution < -0.4 is 0 Å². The van der Waals surface area contributed by atoms with Crippen molar-refractivity contribution in [3.05, 3.63) is 82.9 Å². The number of ether oxygens (including phenoxy) is 2. The third kappa shape index (κ3) is 5.00. The maximum Gasteiger partial charge on any atom is 0.328 e. The fourth-order valence-corrected chi connectivity index (χ4v) is 4.12. The minimum Gasteiger partial charge on any atom is -0.464 e. The van der Waals surface area contributed by atoms with Crippen LogP contribution in [0.2, 0.25) is 5.02 Å². The molecule has 3 rings (SSSR count). The van der Waals surface area contributed by atoms with E-state index in [-0.39, 0.29) is 12.5 Å². The van der Waals surface area contributed by atoms with E-state index in [4.69, 9.17) is 21.1 Å². The van der Waals surface area contributed by atoms with Gasteiger partial charge in [0.05, 0.1) is 12.6 Å². The average molecular weight is 442 g/mol. The molecule has 1 saturated heterocycles. The first-order valence-electron chi connectivity index (χ1n) is 10.4. The standard InChI is InChI=1S/C25H28ClNO4/c1-5-8-21-24(28)27(17(4)25(29)30-6-2)22(18-13-11-16(3)12-14-18)23(31-21)19-9-7-10-20(26)15-19/h5,7,9-15,17,21-23H,1,6,8H2,2-4H3/t17-,21-,22+,23-/m1/s1. The molecule has 2 aromatic carbocycles. The Bertz CT molecular complexity index is 943. The number of nitrogens with zero attached hydrogens (tertiary/aromatic N) is 1. The van der Waals surface area contributed by atoms with Crippen LogP contribution in [-0.4, -0.2) is 35.5 Å². The first-order valence-corrected chi connectivity index (χ1v) is 10.8. The summed E-state index contributed by atoms with van der Waals surface area (Å²) in [5.41, 5.74) is 2.80. The highest BCUT2D eigenvalue weighted by atomic mass is 35.5. The lowest BCUT2D eigenvalue weighted by Crippen LogP contribution is -2.56. The second-order valence-electron chi connectivity index (χ2n) is 7.65. The first kappa shape index (κ1) is 23.0. The van der Waals surface area contributed by atoms with E-state index >= 15 is 0 Å². The second-order valence-corrected chi connectivity index (χ2v) is 8.09. The van der Waals surface area contributed by atoms with Crippen molar-refractivity contribution in [2.24, 2.45) is 0 Å². The summed E-state index contributed by atoms with van der Waals surface area (Å²) in [7, 11) is 0. The molecule has 1 heterocycles. The Morgan fingerprint density at radius 3 is 2.58 bits per heavy atom. The molecule has 2 aromatic rings. The third-order valence-corrected chi connectivity index (χ3v) is 5.68. The number of hydrogen-bond donors (Lipinski definition) is 0. The highest BCUT2D eigenvalue weighted by Gasteiger charge is 2.47. The number of amides is 1. The second kappa shape index (κ2) is 10.1. The van der Waals surface area contributed by atoms with Crippen molar-refractivity contribution >= 4 is 23.5 Å². The Hall–Kier alpha value is -2.63. The highest BCUT2D eigenvalue weighted by Crippen LogP contribution is 2.44. The lowest BCUT2D eigenvalue weighted by Gasteiger charge is -2.46. The molecule has 164 valence electrons. The van der Waals surface area contributed by atoms with Gasteiger partial charge in [-0.05, 0) is 44.0 Å². The lowest BCUT2D eigenvalue weighted by atomic mass is 9.89. The molecule has 4 atom stereocenters. The zero-order chi connectivity index (χ0) is 22.5. The molecule has 0 spiro atoms. The first-order chi connectivity index (χ1) is 14.9. The van der Waals surface area contributed by atoms with E-state index in [1.54, 1.807) is 30.9 Å². The molecule has 6 heteroatoms. The number of aryl methyl sites for hydroxylation is 1. The van der Waals surface area contributed by atoms with E-state index in [0.717, 1.165) is 16.7 Å². The van der Waals surface area contributed by atoms with Crippen LogP contribution in [0, 0.1) is 6.92 Å². The summed E-state index contributed by atoms with van der Waals surface area (Å²) < 4.78 is 11.6. The van der Waals surface area contributed by atoms with Crippen LogP contribution in [-0.2, 0) is 19.1 Å². The molecule has 0 radical (unpaired) electrons. The maximum absolute atomic E-state index is 13.5. The Morgan fingerprint density at radius 2 is 1.97 bits per heavy atom. The van der Waals surface area contributed by atoms with Crippen molar-refractivity contribution in [2.45, 2.75) is 51.5 Å². The highest BCUT2D eigenvalue weighted by molar-refractivity contribution is 6.30. The van der Waals surface area contributed by atoms with Gasteiger partial charge in [0, 0.05) is 11.4 Å². The average Bonchev–Trinajstić information content (AvgIpc) is 2.75. The van der Waals surface area contributed by atoms with E-state index in [1.165, 1.54) is 0 Å². The van der Waals surface area contributed by atoms with Gasteiger partial charge in [-0.3, -0.25) is 4.79 Å². The molecule has 0 N–H and O–H groups in total. The quantitative estimate of drug-likeness (QED) is 0.438. The smallest absolute Gasteiger partial charge is 0.328 e. The van der Waals surface area contributed by atoms with Gasteiger partial charge in [0.25, 0.3) is 5.91 Å². The summed E-state index contributed by atoms with van der Waals surface area (Å²) in [5, 5.41) is 0.575. The predicted molar refractivity (Wildman–Crippen MR) is 121 cm³/mol. The number of esters is 1. The number of rotatable bonds is 7. The molecule has 0 unspecified atom stereocenters. The molecule has 1 fully saturated rings. The normalized spacial score (nSPS) is 22.1. The van der Waals surface area contributed by atoms with E-state index in [0.29, 0.717) is 11.4 Å². The van der Waals surface area contributed by atoms with Crippen molar-refractivity contribution in [3.8, 4) is 0 Å². The minimum atomic E-state index is -0.781. The summed E-state index contributed by atoms with van der Waals surface area (Å²) in [5.74, 6) is -0.707. The summed E-state index contributed by atoms with van der Waals surface area (Å²) in [4.78, 5) is 27.8. The number of hydrogen-bond acceptors (Lipinski definition) is 4. The van der Waals surface area contributed by atoms with E-state index in [2.05, 4.69) is 6.58 Å². The largest absolute Gasteiger partial charge is 0.464 e. The maximum atomic E-state index is 13.5. The van der Waals surface area contributed by atoms with E-state index in [1.807, 2.05) is 49.4 Å². The lowest BCUT2D eigenvalue weighted by molar-refractivity contribution is -0.184. The fraction of sp³-hybridized carbons (Fsp3) is 0.360. The molecular weight excluding hydrogens is 414 g/mol. The molecule has 0 saturated carbocycles. The van der Waals surface area contributed by atoms with Gasteiger partial charge >= 0.3 is 5.97 Å². The Labute approximate surface area is 188 Å². The van der Waals surface area contributed by atoms with Gasteiger partial charge in [-0.2, -0.15) is 0 Å². The van der Waals surface area contributed by atoms with Gasteiger partial charge in [-0.15, -0.1) is 6.58 Å². The van der Waals surface area contributed by atoms with Crippen LogP contribution in [0.25, 0.3) is 0 Å². The molecule has 1 aliphatic heterocycles. The van der Waals surface area contributed by atoms with Gasteiger partial charge in [0.15, 0.2) is 0 Å². The zero-order valence-electron chi connectivity index (χ0n) is 18.1. The van der Waals surface area contributed by atoms with Crippen molar-refractivity contribution in [2.75, 3.05) is 6.61 Å². The number of carbonyl (C=O) groups excluding carboxylic acids is 2. The molecule has 0 aromatic heterocycles. The van der Waals surface area contributed by atoms with E-state index in [9.17, 15) is 9.59 Å². The third-order valence-electron chi connectivity index (χ3n) is 5.45. The summed E-state index contributed by atoms with van der Waals surface area (Å²) in [6.07, 6.45) is 0.723. The predicted octanol–water partition coefficient (Wildman–Crippen LogP) is 5.19. The zero-order valence-corrected chi connectivity index (χ0v) is 18.8. The van der Waals surface area contributed by atoms with Gasteiger partial charge in [0.1, 0.15) is 18.2 Å². The molecule has 1 aliphatic rings. The van der Waals surface area contributed by atoms with Crippen LogP contribution in [0.5, 0.6) is 0 Å². The summed E-state index contributed by atoms with van der Waals surface area (Å²) in [6.45, 7) is 9.44. The Kier molecular flexibility index (Phi) is 7.52. The van der Waals surface area contributed by atoms with Gasteiger partial charge < -0.3 is 14.4 Å². The SMILES string of the molecule is C=CC[C@H]1O[C@H](c2cccc(Cl)c2)[C@H](c2ccc(C)cc2)N([C@H](C)C(=O)OCC)C1=O. The van der Waals surface area contributed by atoms with Crippen LogP contribution in [0.1, 0.15) is 49.1 Å². The van der Waals surface area contributed by atoms with Crippen LogP contribution >= 0.6 is 11.6 Å². The van der Waals surface area contributed by atoms with Crippen LogP contribution in [0.4, 0.5) is 0 Å². The van der Waals surface area contributed by atoms with Gasteiger partial charge in [-0.1, -0.05) is 59.6 Å². The van der Waals surface area contributed by atoms with Crippen molar-refractivity contribution < 1.29 is 19.1 Å². The van der Waals surface area contributed by atoms with Crippen molar-refractivity contribution in [1.29, 1.82) is 0 Å². The molecule has 5 nitrogen and oxygen atoms in total. The number of carbonyl (C=O) groups is 2. The van der Waals surface area contributed by atoms with Crippen LogP contribution in [0.15, 0.2) is 61.2 Å². The number of benzene rings is 2. The Balaban J connectivity index is 2.15. The number of halogens is 1. The summed E-state index contributed by atoms with van der Waals surface area (Å²) in [6, 6.07) is 14.0. The van der Waals surface area contributed by atoms with Gasteiger partial charge in [0.2, 0.25) is 0 Å². The molecule has 31 heavy (non-hydrogen) atoms. The monoisotopic (exact) mass is 441 g/mol. The Morgan fingerprint density at radius 1 is 1.26 bits per heavy atom. The van der Waals surface area contributed by atoms with Crippen molar-refractivity contribution in [1.82, 2.24) is 4.90 Å². The topological polar surface area (TPSA) is 55.8 Å². The molecular formula is C25H28ClNO4. The molecule has 0 bridgehead atoms. The summed E-state index contributed by atoms with van der Waals surface area (Å²) >= 11 is 6.27.